The number of carbonyl (C=O) groups excluding carboxylic acids is 1. The lowest BCUT2D eigenvalue weighted by Gasteiger charge is -2.43. The molecule has 5 rings (SSSR count). The van der Waals surface area contributed by atoms with E-state index >= 15 is 0 Å². The average Bonchev–Trinajstić information content (AvgIpc) is 3.62. The summed E-state index contributed by atoms with van der Waals surface area (Å²) in [6.07, 6.45) is -1.14. The quantitative estimate of drug-likeness (QED) is 0.159. The summed E-state index contributed by atoms with van der Waals surface area (Å²) < 4.78 is 43.6. The first-order valence-corrected chi connectivity index (χ1v) is 18.1. The highest BCUT2D eigenvalue weighted by atomic mass is 28.4. The van der Waals surface area contributed by atoms with Gasteiger partial charge in [-0.2, -0.15) is 0 Å². The molecule has 7 atom stereocenters. The molecular formula is C33H46O8Si. The second kappa shape index (κ2) is 12.4. The Morgan fingerprint density at radius 3 is 2.33 bits per heavy atom. The first kappa shape index (κ1) is 31.2. The molecule has 0 N–H and O–H groups in total. The third-order valence-electron chi connectivity index (χ3n) is 9.29. The van der Waals surface area contributed by atoms with Gasteiger partial charge in [0.05, 0.1) is 18.1 Å². The average molecular weight is 599 g/mol. The van der Waals surface area contributed by atoms with E-state index in [0.717, 1.165) is 5.56 Å². The lowest BCUT2D eigenvalue weighted by Crippen LogP contribution is -2.52. The van der Waals surface area contributed by atoms with Gasteiger partial charge in [-0.25, -0.2) is 4.79 Å². The third-order valence-corrected chi connectivity index (χ3v) is 13.8. The van der Waals surface area contributed by atoms with Crippen molar-refractivity contribution in [3.63, 3.8) is 0 Å². The van der Waals surface area contributed by atoms with Gasteiger partial charge in [-0.15, -0.1) is 0 Å². The van der Waals surface area contributed by atoms with Crippen LogP contribution in [-0.4, -0.2) is 64.5 Å². The number of epoxide rings is 1. The highest BCUT2D eigenvalue weighted by molar-refractivity contribution is 6.74. The largest absolute Gasteiger partial charge is 0.489 e. The molecule has 1 aliphatic carbocycles. The number of hydrogen-bond acceptors (Lipinski definition) is 8. The molecule has 3 fully saturated rings. The monoisotopic (exact) mass is 598 g/mol. The van der Waals surface area contributed by atoms with E-state index in [1.54, 1.807) is 24.3 Å². The van der Waals surface area contributed by atoms with E-state index in [4.69, 9.17) is 32.8 Å². The predicted octanol–water partition coefficient (Wildman–Crippen LogP) is 6.34. The van der Waals surface area contributed by atoms with Crippen molar-refractivity contribution >= 4 is 14.3 Å². The number of ether oxygens (including phenoxy) is 6. The number of rotatable bonds is 12. The third kappa shape index (κ3) is 6.32. The van der Waals surface area contributed by atoms with Gasteiger partial charge >= 0.3 is 5.97 Å². The zero-order valence-corrected chi connectivity index (χ0v) is 27.0. The van der Waals surface area contributed by atoms with Gasteiger partial charge in [0, 0.05) is 25.6 Å². The summed E-state index contributed by atoms with van der Waals surface area (Å²) in [5, 5.41) is 0.0529. The number of carbonyl (C=O) groups is 1. The summed E-state index contributed by atoms with van der Waals surface area (Å²) in [5.41, 5.74) is 0.913. The van der Waals surface area contributed by atoms with Gasteiger partial charge in [0.1, 0.15) is 30.2 Å². The molecule has 2 aromatic rings. The Morgan fingerprint density at radius 2 is 1.69 bits per heavy atom. The van der Waals surface area contributed by atoms with E-state index in [9.17, 15) is 4.79 Å². The SMILES string of the molecule is CCO[C@@H]1C[C@H]2[C@@H](OC(=O)c3ccc(OCc4ccccc4)cc3)[C@H]3O[C@@]3(CO[Si](C)(C)C(C)(C)C)[C@H]2[C@H](OCC)O1. The number of esters is 1. The lowest BCUT2D eigenvalue weighted by molar-refractivity contribution is -0.309. The molecule has 0 unspecified atom stereocenters. The molecule has 3 aliphatic rings. The van der Waals surface area contributed by atoms with Crippen molar-refractivity contribution in [2.75, 3.05) is 19.8 Å². The van der Waals surface area contributed by atoms with Crippen LogP contribution in [-0.2, 0) is 34.7 Å². The Hall–Kier alpha value is -2.27. The molecule has 0 spiro atoms. The molecule has 9 heteroatoms. The Morgan fingerprint density at radius 1 is 1.00 bits per heavy atom. The van der Waals surface area contributed by atoms with Gasteiger partial charge in [-0.1, -0.05) is 51.1 Å². The standard InChI is InChI=1S/C33H46O8Si/c1-8-35-26-19-25-27(31(39-26)36-9-2)33(21-38-42(6,7)32(3,4)5)29(41-33)28(25)40-30(34)23-15-17-24(18-16-23)37-20-22-13-11-10-12-14-22/h10-18,25-29,31H,8-9,19-21H2,1-7H3/t25-,26+,27-,28-,29-,31-,33+/m1/s1. The van der Waals surface area contributed by atoms with Crippen LogP contribution in [0.1, 0.15) is 57.0 Å². The van der Waals surface area contributed by atoms with Crippen LogP contribution >= 0.6 is 0 Å². The van der Waals surface area contributed by atoms with Gasteiger partial charge in [0.15, 0.2) is 20.9 Å². The van der Waals surface area contributed by atoms with Crippen molar-refractivity contribution in [3.8, 4) is 5.75 Å². The molecule has 8 nitrogen and oxygen atoms in total. The number of hydrogen-bond donors (Lipinski definition) is 0. The molecule has 2 aliphatic heterocycles. The van der Waals surface area contributed by atoms with Gasteiger partial charge in [-0.3, -0.25) is 0 Å². The first-order valence-electron chi connectivity index (χ1n) is 15.2. The van der Waals surface area contributed by atoms with E-state index in [1.165, 1.54) is 0 Å². The summed E-state index contributed by atoms with van der Waals surface area (Å²) in [6, 6.07) is 17.0. The second-order valence-electron chi connectivity index (χ2n) is 13.0. The summed E-state index contributed by atoms with van der Waals surface area (Å²) in [5.74, 6) is 0.103. The maximum Gasteiger partial charge on any atom is 0.338 e. The molecular weight excluding hydrogens is 552 g/mol. The molecule has 2 heterocycles. The Balaban J connectivity index is 1.32. The molecule has 0 amide bonds. The van der Waals surface area contributed by atoms with Crippen LogP contribution < -0.4 is 4.74 Å². The summed E-state index contributed by atoms with van der Waals surface area (Å²) in [4.78, 5) is 13.5. The summed E-state index contributed by atoms with van der Waals surface area (Å²) in [6.45, 7) is 16.9. The van der Waals surface area contributed by atoms with E-state index in [2.05, 4.69) is 33.9 Å². The zero-order valence-electron chi connectivity index (χ0n) is 26.0. The Labute approximate surface area is 251 Å². The van der Waals surface area contributed by atoms with Crippen LogP contribution in [0, 0.1) is 11.8 Å². The van der Waals surface area contributed by atoms with E-state index in [1.807, 2.05) is 44.2 Å². The van der Waals surface area contributed by atoms with Crippen LogP contribution in [0.3, 0.4) is 0 Å². The Kier molecular flexibility index (Phi) is 9.18. The second-order valence-corrected chi connectivity index (χ2v) is 17.8. The van der Waals surface area contributed by atoms with E-state index in [0.29, 0.717) is 44.2 Å². The minimum atomic E-state index is -2.06. The van der Waals surface area contributed by atoms with Gasteiger partial charge in [0.25, 0.3) is 0 Å². The van der Waals surface area contributed by atoms with Gasteiger partial charge in [0.2, 0.25) is 0 Å². The maximum absolute atomic E-state index is 13.5. The molecule has 42 heavy (non-hydrogen) atoms. The summed E-state index contributed by atoms with van der Waals surface area (Å²) in [7, 11) is -2.06. The normalized spacial score (nSPS) is 30.4. The highest BCUT2D eigenvalue weighted by Gasteiger charge is 2.78. The molecule has 0 aromatic heterocycles. The van der Waals surface area contributed by atoms with Crippen LogP contribution in [0.15, 0.2) is 54.6 Å². The van der Waals surface area contributed by atoms with E-state index < -0.39 is 38.6 Å². The highest BCUT2D eigenvalue weighted by Crippen LogP contribution is 2.62. The zero-order chi connectivity index (χ0) is 30.1. The van der Waals surface area contributed by atoms with Crippen LogP contribution in [0.5, 0.6) is 5.75 Å². The molecule has 0 radical (unpaired) electrons. The van der Waals surface area contributed by atoms with Crippen LogP contribution in [0.4, 0.5) is 0 Å². The number of benzene rings is 2. The van der Waals surface area contributed by atoms with E-state index in [-0.39, 0.29) is 23.0 Å². The summed E-state index contributed by atoms with van der Waals surface area (Å²) >= 11 is 0. The first-order chi connectivity index (χ1) is 20.0. The molecule has 2 saturated heterocycles. The molecule has 2 aromatic carbocycles. The molecule has 1 saturated carbocycles. The Bertz CT molecular complexity index is 1200. The topological polar surface area (TPSA) is 85.0 Å². The lowest BCUT2D eigenvalue weighted by atomic mass is 9.82. The smallest absolute Gasteiger partial charge is 0.338 e. The maximum atomic E-state index is 13.5. The van der Waals surface area contributed by atoms with Crippen molar-refractivity contribution in [3.05, 3.63) is 65.7 Å². The van der Waals surface area contributed by atoms with Crippen molar-refractivity contribution < 1.29 is 37.6 Å². The van der Waals surface area contributed by atoms with Gasteiger partial charge < -0.3 is 32.8 Å². The molecule has 230 valence electrons. The van der Waals surface area contributed by atoms with Gasteiger partial charge in [-0.05, 0) is 61.8 Å². The fraction of sp³-hybridized carbons (Fsp3) is 0.606. The van der Waals surface area contributed by atoms with Crippen molar-refractivity contribution in [1.82, 2.24) is 0 Å². The molecule has 0 bridgehead atoms. The minimum Gasteiger partial charge on any atom is -0.489 e. The van der Waals surface area contributed by atoms with Crippen LogP contribution in [0.2, 0.25) is 18.1 Å². The van der Waals surface area contributed by atoms with Crippen molar-refractivity contribution in [2.24, 2.45) is 11.8 Å². The predicted molar refractivity (Wildman–Crippen MR) is 161 cm³/mol. The van der Waals surface area contributed by atoms with Crippen molar-refractivity contribution in [2.45, 2.75) is 96.2 Å². The van der Waals surface area contributed by atoms with Crippen molar-refractivity contribution in [1.29, 1.82) is 0 Å². The number of fused-ring (bicyclic) bond motifs is 3. The minimum absolute atomic E-state index is 0.0500. The fourth-order valence-electron chi connectivity index (χ4n) is 5.92. The fourth-order valence-corrected chi connectivity index (χ4v) is 6.94. The van der Waals surface area contributed by atoms with Crippen LogP contribution in [0.25, 0.3) is 0 Å².